The van der Waals surface area contributed by atoms with Crippen LogP contribution in [0.1, 0.15) is 45.8 Å². The number of hydrogen-bond acceptors (Lipinski definition) is 6. The molecule has 2 atom stereocenters. The lowest BCUT2D eigenvalue weighted by Gasteiger charge is -2.33. The van der Waals surface area contributed by atoms with Gasteiger partial charge in [-0.05, 0) is 17.5 Å². The molecule has 11 heteroatoms. The van der Waals surface area contributed by atoms with Gasteiger partial charge < -0.3 is 14.4 Å². The van der Waals surface area contributed by atoms with Crippen molar-refractivity contribution in [1.29, 1.82) is 0 Å². The topological polar surface area (TPSA) is 88.2 Å². The molecule has 2 saturated heterocycles. The van der Waals surface area contributed by atoms with Crippen LogP contribution in [0.2, 0.25) is 0 Å². The first-order chi connectivity index (χ1) is 17.3. The highest BCUT2D eigenvalue weighted by Gasteiger charge is 2.44. The second kappa shape index (κ2) is 10.1. The van der Waals surface area contributed by atoms with Crippen LogP contribution in [-0.4, -0.2) is 83.4 Å². The van der Waals surface area contributed by atoms with Gasteiger partial charge >= 0.3 is 0 Å². The van der Waals surface area contributed by atoms with Crippen molar-refractivity contribution in [1.82, 2.24) is 15.1 Å². The first-order valence-corrected chi connectivity index (χ1v) is 12.6. The van der Waals surface area contributed by atoms with Crippen LogP contribution in [0.5, 0.6) is 5.75 Å². The maximum atomic E-state index is 13.4. The lowest BCUT2D eigenvalue weighted by atomic mass is 9.75. The van der Waals surface area contributed by atoms with Gasteiger partial charge in [0.25, 0.3) is 5.91 Å². The quantitative estimate of drug-likeness (QED) is 0.360. The molecule has 0 radical (unpaired) electrons. The Morgan fingerprint density at radius 2 is 1.75 bits per heavy atom. The molecule has 2 aromatic rings. The minimum atomic E-state index is -0.662. The average Bonchev–Trinajstić information content (AvgIpc) is 3.10. The normalized spacial score (nSPS) is 22.4. The molecule has 3 heterocycles. The number of amides is 3. The number of piperidine rings is 1. The molecule has 8 nitrogen and oxygen atoms in total. The lowest BCUT2D eigenvalue weighted by molar-refractivity contribution is -0.137. The molecule has 3 aliphatic heterocycles. The summed E-state index contributed by atoms with van der Waals surface area (Å²) in [6.45, 7) is 4.77. The van der Waals surface area contributed by atoms with E-state index < -0.39 is 11.9 Å². The Labute approximate surface area is 213 Å². The van der Waals surface area contributed by atoms with E-state index in [4.69, 9.17) is 9.47 Å². The van der Waals surface area contributed by atoms with E-state index in [-0.39, 0.29) is 24.2 Å². The van der Waals surface area contributed by atoms with E-state index in [0.29, 0.717) is 24.3 Å². The molecule has 36 heavy (non-hydrogen) atoms. The standard InChI is InChI=1S/C25H30B3N3O5/c26-17-11-16-20(23(28)31(25(16)34)18-5-6-19(32)29-24(18)33)22(21(17)27)36-13-15-3-1-14(2-4-15)12-30-7-9-35-10-8-30/h1-4,11,18,23H,5-10,12-13,26-28H2,(H,29,32,33). The number of benzene rings is 2. The van der Waals surface area contributed by atoms with Gasteiger partial charge in [0.15, 0.2) is 0 Å². The van der Waals surface area contributed by atoms with Crippen molar-refractivity contribution in [3.63, 3.8) is 0 Å². The van der Waals surface area contributed by atoms with E-state index in [1.54, 1.807) is 4.90 Å². The van der Waals surface area contributed by atoms with Crippen molar-refractivity contribution >= 4 is 52.2 Å². The highest BCUT2D eigenvalue weighted by atomic mass is 16.5. The number of carbonyl (C=O) groups excluding carboxylic acids is 3. The fourth-order valence-corrected chi connectivity index (χ4v) is 5.41. The third-order valence-corrected chi connectivity index (χ3v) is 7.59. The Hall–Kier alpha value is -3.04. The number of nitrogens with one attached hydrogen (secondary N) is 1. The molecule has 2 fully saturated rings. The van der Waals surface area contributed by atoms with Gasteiger partial charge in [0.05, 0.1) is 13.2 Å². The molecule has 3 aliphatic rings. The van der Waals surface area contributed by atoms with Gasteiger partial charge in [-0.3, -0.25) is 24.6 Å². The first kappa shape index (κ1) is 24.7. The SMILES string of the molecule is Bc1cc2c(c(OCc3ccc(CN4CCOCC4)cc3)c1B)C(B)N(C1CCC(=O)NC1=O)C2=O. The predicted molar refractivity (Wildman–Crippen MR) is 143 cm³/mol. The van der Waals surface area contributed by atoms with Crippen molar-refractivity contribution < 1.29 is 23.9 Å². The van der Waals surface area contributed by atoms with Crippen LogP contribution >= 0.6 is 0 Å². The Kier molecular flexibility index (Phi) is 6.95. The van der Waals surface area contributed by atoms with Gasteiger partial charge in [-0.15, -0.1) is 0 Å². The summed E-state index contributed by atoms with van der Waals surface area (Å²) in [6, 6.07) is 9.68. The van der Waals surface area contributed by atoms with Crippen molar-refractivity contribution in [3.8, 4) is 5.75 Å². The Morgan fingerprint density at radius 3 is 2.44 bits per heavy atom. The largest absolute Gasteiger partial charge is 0.489 e. The highest BCUT2D eigenvalue weighted by molar-refractivity contribution is 6.50. The first-order valence-electron chi connectivity index (χ1n) is 12.6. The van der Waals surface area contributed by atoms with Crippen molar-refractivity contribution in [2.75, 3.05) is 26.3 Å². The fourth-order valence-electron chi connectivity index (χ4n) is 5.41. The smallest absolute Gasteiger partial charge is 0.254 e. The van der Waals surface area contributed by atoms with Crippen LogP contribution in [0, 0.1) is 0 Å². The third kappa shape index (κ3) is 4.69. The van der Waals surface area contributed by atoms with Crippen molar-refractivity contribution in [2.45, 2.75) is 38.0 Å². The summed E-state index contributed by atoms with van der Waals surface area (Å²) in [7, 11) is 5.90. The summed E-state index contributed by atoms with van der Waals surface area (Å²) < 4.78 is 11.8. The highest BCUT2D eigenvalue weighted by Crippen LogP contribution is 2.39. The monoisotopic (exact) mass is 485 g/mol. The van der Waals surface area contributed by atoms with E-state index in [9.17, 15) is 14.4 Å². The number of ether oxygens (including phenoxy) is 2. The molecule has 5 rings (SSSR count). The lowest BCUT2D eigenvalue weighted by Crippen LogP contribution is -2.53. The maximum Gasteiger partial charge on any atom is 0.254 e. The summed E-state index contributed by atoms with van der Waals surface area (Å²) >= 11 is 0. The number of imide groups is 1. The van der Waals surface area contributed by atoms with Gasteiger partial charge in [0.2, 0.25) is 11.8 Å². The van der Waals surface area contributed by atoms with Crippen LogP contribution < -0.4 is 21.0 Å². The maximum absolute atomic E-state index is 13.4. The van der Waals surface area contributed by atoms with E-state index >= 15 is 0 Å². The average molecular weight is 485 g/mol. The minimum absolute atomic E-state index is 0.188. The molecular formula is C25H30B3N3O5. The van der Waals surface area contributed by atoms with E-state index in [1.165, 1.54) is 5.56 Å². The van der Waals surface area contributed by atoms with Gasteiger partial charge in [-0.25, -0.2) is 0 Å². The van der Waals surface area contributed by atoms with Gasteiger partial charge in [0.1, 0.15) is 41.9 Å². The summed E-state index contributed by atoms with van der Waals surface area (Å²) in [5.74, 6) is -0.515. The molecular weight excluding hydrogens is 455 g/mol. The van der Waals surface area contributed by atoms with Gasteiger partial charge in [0, 0.05) is 43.1 Å². The summed E-state index contributed by atoms with van der Waals surface area (Å²) in [6.07, 6.45) is 0.561. The number of morpholine rings is 1. The minimum Gasteiger partial charge on any atom is -0.489 e. The van der Waals surface area contributed by atoms with Crippen molar-refractivity contribution in [2.24, 2.45) is 0 Å². The summed E-state index contributed by atoms with van der Waals surface area (Å²) in [4.78, 5) is 41.6. The molecule has 0 aliphatic carbocycles. The van der Waals surface area contributed by atoms with Crippen LogP contribution in [0.4, 0.5) is 0 Å². The van der Waals surface area contributed by atoms with Crippen LogP contribution in [0.3, 0.4) is 0 Å². The number of hydrogen-bond donors (Lipinski definition) is 1. The van der Waals surface area contributed by atoms with E-state index in [0.717, 1.165) is 54.9 Å². The second-order valence-electron chi connectivity index (χ2n) is 9.96. The molecule has 0 aromatic heterocycles. The zero-order valence-corrected chi connectivity index (χ0v) is 21.1. The molecule has 2 unspecified atom stereocenters. The van der Waals surface area contributed by atoms with Gasteiger partial charge in [-0.2, -0.15) is 0 Å². The molecule has 3 amide bonds. The Balaban J connectivity index is 1.34. The molecule has 184 valence electrons. The Bertz CT molecular complexity index is 1200. The molecule has 2 aromatic carbocycles. The fraction of sp³-hybridized carbons (Fsp3) is 0.400. The number of carbonyl (C=O) groups is 3. The molecule has 0 spiro atoms. The molecule has 0 saturated carbocycles. The summed E-state index contributed by atoms with van der Waals surface area (Å²) in [5, 5.41) is 2.38. The van der Waals surface area contributed by atoms with Gasteiger partial charge in [-0.1, -0.05) is 41.3 Å². The number of nitrogens with zero attached hydrogens (tertiary/aromatic N) is 2. The van der Waals surface area contributed by atoms with E-state index in [1.807, 2.05) is 29.6 Å². The number of fused-ring (bicyclic) bond motifs is 1. The molecule has 0 bridgehead atoms. The molecule has 1 N–H and O–H groups in total. The van der Waals surface area contributed by atoms with E-state index in [2.05, 4.69) is 34.5 Å². The predicted octanol–water partition coefficient (Wildman–Crippen LogP) is -2.49. The number of rotatable bonds is 6. The van der Waals surface area contributed by atoms with Crippen LogP contribution in [-0.2, 0) is 27.5 Å². The van der Waals surface area contributed by atoms with Crippen molar-refractivity contribution in [3.05, 3.63) is 52.6 Å². The van der Waals surface area contributed by atoms with Crippen LogP contribution in [0.15, 0.2) is 30.3 Å². The zero-order chi connectivity index (χ0) is 25.4. The zero-order valence-electron chi connectivity index (χ0n) is 21.1. The second-order valence-corrected chi connectivity index (χ2v) is 9.96. The van der Waals surface area contributed by atoms with Crippen LogP contribution in [0.25, 0.3) is 0 Å². The third-order valence-electron chi connectivity index (χ3n) is 7.59. The Morgan fingerprint density at radius 1 is 1.06 bits per heavy atom. The summed E-state index contributed by atoms with van der Waals surface area (Å²) in [5.41, 5.74) is 5.66.